The molecule has 8 heteroatoms. The first-order valence-corrected chi connectivity index (χ1v) is 8.82. The zero-order chi connectivity index (χ0) is 19.0. The number of nitrogens with zero attached hydrogens (tertiary/aromatic N) is 2. The molecule has 2 rings (SSSR count). The fourth-order valence-corrected chi connectivity index (χ4v) is 2.68. The molecule has 1 heterocycles. The summed E-state index contributed by atoms with van der Waals surface area (Å²) in [5.41, 5.74) is 2.01. The van der Waals surface area contributed by atoms with E-state index in [4.69, 9.17) is 0 Å². The van der Waals surface area contributed by atoms with Crippen molar-refractivity contribution < 1.29 is 18.0 Å². The smallest absolute Gasteiger partial charge is 0.357 e. The van der Waals surface area contributed by atoms with Crippen LogP contribution in [0.5, 0.6) is 0 Å². The van der Waals surface area contributed by atoms with Gasteiger partial charge >= 0.3 is 6.18 Å². The Kier molecular flexibility index (Phi) is 7.29. The van der Waals surface area contributed by atoms with Gasteiger partial charge in [-0.05, 0) is 24.5 Å². The van der Waals surface area contributed by atoms with E-state index in [1.807, 2.05) is 36.1 Å². The second kappa shape index (κ2) is 9.45. The van der Waals surface area contributed by atoms with Crippen molar-refractivity contribution in [2.24, 2.45) is 4.99 Å². The van der Waals surface area contributed by atoms with E-state index >= 15 is 0 Å². The van der Waals surface area contributed by atoms with Crippen molar-refractivity contribution in [1.82, 2.24) is 15.5 Å². The molecule has 144 valence electrons. The van der Waals surface area contributed by atoms with E-state index in [-0.39, 0.29) is 12.5 Å². The maximum absolute atomic E-state index is 12.2. The number of hydrogen-bond donors (Lipinski definition) is 2. The number of rotatable bonds is 7. The molecule has 1 aliphatic heterocycles. The van der Waals surface area contributed by atoms with E-state index in [1.54, 1.807) is 0 Å². The lowest BCUT2D eigenvalue weighted by Crippen LogP contribution is -2.38. The topological polar surface area (TPSA) is 56.7 Å². The van der Waals surface area contributed by atoms with E-state index in [0.717, 1.165) is 24.1 Å². The van der Waals surface area contributed by atoms with Crippen molar-refractivity contribution in [2.45, 2.75) is 45.5 Å². The van der Waals surface area contributed by atoms with E-state index < -0.39 is 12.6 Å². The summed E-state index contributed by atoms with van der Waals surface area (Å²) in [6.07, 6.45) is -3.54. The number of alkyl halides is 3. The summed E-state index contributed by atoms with van der Waals surface area (Å²) in [7, 11) is 0. The summed E-state index contributed by atoms with van der Waals surface area (Å²) < 4.78 is 36.7. The predicted molar refractivity (Wildman–Crippen MR) is 94.6 cm³/mol. The minimum Gasteiger partial charge on any atom is -0.357 e. The lowest BCUT2D eigenvalue weighted by molar-refractivity contribution is -0.133. The average Bonchev–Trinajstić information content (AvgIpc) is 2.98. The zero-order valence-corrected chi connectivity index (χ0v) is 14.9. The second-order valence-electron chi connectivity index (χ2n) is 6.22. The summed E-state index contributed by atoms with van der Waals surface area (Å²) in [5.74, 6) is 0.558. The van der Waals surface area contributed by atoms with Crippen LogP contribution in [0.1, 0.15) is 37.3 Å². The van der Waals surface area contributed by atoms with Gasteiger partial charge < -0.3 is 15.5 Å². The molecule has 1 amide bonds. The Morgan fingerprint density at radius 3 is 2.46 bits per heavy atom. The summed E-state index contributed by atoms with van der Waals surface area (Å²) in [6.45, 7) is 4.00. The third-order valence-corrected chi connectivity index (χ3v) is 4.03. The molecule has 0 spiro atoms. The van der Waals surface area contributed by atoms with Crippen molar-refractivity contribution >= 4 is 11.9 Å². The first-order chi connectivity index (χ1) is 12.4. The number of amides is 1. The molecule has 2 N–H and O–H groups in total. The number of carbonyl (C=O) groups is 1. The standard InChI is InChI=1S/C18H25F3N4O/c1-2-22-17(23-10-9-18(19,20)21)24-12-14-5-7-15(8-6-14)13-25-11-3-4-16(25)26/h5-8H,2-4,9-13H2,1H3,(H2,22,23,24). The monoisotopic (exact) mass is 370 g/mol. The van der Waals surface area contributed by atoms with Crippen molar-refractivity contribution in [3.8, 4) is 0 Å². The molecule has 1 aromatic carbocycles. The lowest BCUT2D eigenvalue weighted by atomic mass is 10.1. The molecule has 1 aromatic rings. The van der Waals surface area contributed by atoms with E-state index in [1.165, 1.54) is 0 Å². The quantitative estimate of drug-likeness (QED) is 0.573. The van der Waals surface area contributed by atoms with Crippen molar-refractivity contribution in [3.63, 3.8) is 0 Å². The van der Waals surface area contributed by atoms with Gasteiger partial charge in [0.2, 0.25) is 5.91 Å². The fraction of sp³-hybridized carbons (Fsp3) is 0.556. The van der Waals surface area contributed by atoms with Crippen LogP contribution in [0.2, 0.25) is 0 Å². The Balaban J connectivity index is 1.86. The third-order valence-electron chi connectivity index (χ3n) is 4.03. The predicted octanol–water partition coefficient (Wildman–Crippen LogP) is 2.82. The maximum Gasteiger partial charge on any atom is 0.390 e. The molecule has 0 radical (unpaired) electrons. The van der Waals surface area contributed by atoms with Crippen LogP contribution in [-0.2, 0) is 17.9 Å². The molecule has 0 saturated carbocycles. The van der Waals surface area contributed by atoms with Crippen LogP contribution in [0.15, 0.2) is 29.3 Å². The first kappa shape index (κ1) is 20.1. The highest BCUT2D eigenvalue weighted by Gasteiger charge is 2.26. The fourth-order valence-electron chi connectivity index (χ4n) is 2.68. The minimum absolute atomic E-state index is 0.193. The first-order valence-electron chi connectivity index (χ1n) is 8.82. The van der Waals surface area contributed by atoms with Crippen LogP contribution >= 0.6 is 0 Å². The van der Waals surface area contributed by atoms with Gasteiger partial charge in [-0.15, -0.1) is 0 Å². The normalized spacial score (nSPS) is 15.5. The number of guanidine groups is 1. The number of hydrogen-bond acceptors (Lipinski definition) is 2. The largest absolute Gasteiger partial charge is 0.390 e. The number of halogens is 3. The highest BCUT2D eigenvalue weighted by molar-refractivity contribution is 5.79. The number of likely N-dealkylation sites (tertiary alicyclic amines) is 1. The van der Waals surface area contributed by atoms with Crippen molar-refractivity contribution in [1.29, 1.82) is 0 Å². The Morgan fingerprint density at radius 1 is 1.19 bits per heavy atom. The second-order valence-corrected chi connectivity index (χ2v) is 6.22. The lowest BCUT2D eigenvalue weighted by Gasteiger charge is -2.15. The Morgan fingerprint density at radius 2 is 1.88 bits per heavy atom. The average molecular weight is 370 g/mol. The maximum atomic E-state index is 12.2. The van der Waals surface area contributed by atoms with Gasteiger partial charge in [0, 0.05) is 32.6 Å². The molecule has 0 aliphatic carbocycles. The molecule has 1 saturated heterocycles. The zero-order valence-electron chi connectivity index (χ0n) is 14.9. The van der Waals surface area contributed by atoms with Crippen LogP contribution in [-0.4, -0.2) is 42.6 Å². The number of nitrogens with one attached hydrogen (secondary N) is 2. The van der Waals surface area contributed by atoms with Gasteiger partial charge in [0.15, 0.2) is 5.96 Å². The molecular formula is C18H25F3N4O. The summed E-state index contributed by atoms with van der Waals surface area (Å²) >= 11 is 0. The van der Waals surface area contributed by atoms with Crippen LogP contribution < -0.4 is 10.6 Å². The molecular weight excluding hydrogens is 345 g/mol. The highest BCUT2D eigenvalue weighted by atomic mass is 19.4. The molecule has 0 unspecified atom stereocenters. The summed E-state index contributed by atoms with van der Waals surface area (Å²) in [6, 6.07) is 7.78. The molecule has 0 aromatic heterocycles. The van der Waals surface area contributed by atoms with Gasteiger partial charge in [0.05, 0.1) is 13.0 Å². The Bertz CT molecular complexity index is 614. The van der Waals surface area contributed by atoms with Crippen LogP contribution in [0.4, 0.5) is 13.2 Å². The number of aliphatic imine (C=N–C) groups is 1. The van der Waals surface area contributed by atoms with Gasteiger partial charge in [-0.25, -0.2) is 4.99 Å². The summed E-state index contributed by atoms with van der Waals surface area (Å²) in [5, 5.41) is 5.62. The van der Waals surface area contributed by atoms with Crippen molar-refractivity contribution in [3.05, 3.63) is 35.4 Å². The van der Waals surface area contributed by atoms with Gasteiger partial charge in [-0.1, -0.05) is 24.3 Å². The molecule has 0 atom stereocenters. The van der Waals surface area contributed by atoms with Gasteiger partial charge in [-0.3, -0.25) is 4.79 Å². The minimum atomic E-state index is -4.18. The Labute approximate surface area is 151 Å². The van der Waals surface area contributed by atoms with Crippen LogP contribution in [0.3, 0.4) is 0 Å². The molecule has 1 fully saturated rings. The molecule has 26 heavy (non-hydrogen) atoms. The van der Waals surface area contributed by atoms with Gasteiger partial charge in [0.1, 0.15) is 0 Å². The number of carbonyl (C=O) groups excluding carboxylic acids is 1. The molecule has 1 aliphatic rings. The van der Waals surface area contributed by atoms with E-state index in [0.29, 0.717) is 32.0 Å². The Hall–Kier alpha value is -2.25. The van der Waals surface area contributed by atoms with E-state index in [9.17, 15) is 18.0 Å². The van der Waals surface area contributed by atoms with Gasteiger partial charge in [0.25, 0.3) is 0 Å². The van der Waals surface area contributed by atoms with Crippen LogP contribution in [0.25, 0.3) is 0 Å². The van der Waals surface area contributed by atoms with Crippen molar-refractivity contribution in [2.75, 3.05) is 19.6 Å². The SMILES string of the molecule is CCNC(=NCc1ccc(CN2CCCC2=O)cc1)NCCC(F)(F)F. The van der Waals surface area contributed by atoms with E-state index in [2.05, 4.69) is 15.6 Å². The van der Waals surface area contributed by atoms with Crippen LogP contribution in [0, 0.1) is 0 Å². The molecule has 5 nitrogen and oxygen atoms in total. The number of benzene rings is 1. The third kappa shape index (κ3) is 6.93. The molecule has 0 bridgehead atoms. The highest BCUT2D eigenvalue weighted by Crippen LogP contribution is 2.18. The summed E-state index contributed by atoms with van der Waals surface area (Å²) in [4.78, 5) is 17.8. The van der Waals surface area contributed by atoms with Gasteiger partial charge in [-0.2, -0.15) is 13.2 Å².